The Morgan fingerprint density at radius 2 is 1.82 bits per heavy atom. The van der Waals surface area contributed by atoms with E-state index in [9.17, 15) is 0 Å². The first-order valence-corrected chi connectivity index (χ1v) is 7.58. The predicted molar refractivity (Wildman–Crippen MR) is 79.9 cm³/mol. The molecule has 1 aliphatic heterocycles. The average molecular weight is 258 g/mol. The topological polar surface area (TPSA) is 6.48 Å². The summed E-state index contributed by atoms with van der Waals surface area (Å²) in [6.45, 7) is 13.0. The van der Waals surface area contributed by atoms with Crippen LogP contribution in [0.25, 0.3) is 0 Å². The molecule has 1 aliphatic rings. The summed E-state index contributed by atoms with van der Waals surface area (Å²) in [5.74, 6) is 1.69. The van der Waals surface area contributed by atoms with E-state index in [4.69, 9.17) is 0 Å². The summed E-state index contributed by atoms with van der Waals surface area (Å²) < 4.78 is 0. The molecular formula is C14H30N2S. The highest BCUT2D eigenvalue weighted by molar-refractivity contribution is 7.80. The Bertz CT molecular complexity index is 198. The monoisotopic (exact) mass is 258 g/mol. The predicted octanol–water partition coefficient (Wildman–Crippen LogP) is 2.60. The molecule has 2 nitrogen and oxygen atoms in total. The molecule has 0 aromatic carbocycles. The normalized spacial score (nSPS) is 21.4. The summed E-state index contributed by atoms with van der Waals surface area (Å²) >= 11 is 4.47. The zero-order valence-corrected chi connectivity index (χ0v) is 12.9. The highest BCUT2D eigenvalue weighted by Crippen LogP contribution is 2.19. The molecule has 1 heterocycles. The van der Waals surface area contributed by atoms with Crippen molar-refractivity contribution in [1.29, 1.82) is 0 Å². The summed E-state index contributed by atoms with van der Waals surface area (Å²) in [7, 11) is 2.27. The molecule has 17 heavy (non-hydrogen) atoms. The summed E-state index contributed by atoms with van der Waals surface area (Å²) in [4.78, 5) is 5.07. The molecular weight excluding hydrogens is 228 g/mol. The maximum Gasteiger partial charge on any atom is 0.0116 e. The van der Waals surface area contributed by atoms with Gasteiger partial charge in [-0.3, -0.25) is 0 Å². The van der Waals surface area contributed by atoms with E-state index in [1.54, 1.807) is 0 Å². The van der Waals surface area contributed by atoms with E-state index in [1.165, 1.54) is 39.0 Å². The Balaban J connectivity index is 2.18. The minimum Gasteiger partial charge on any atom is -0.306 e. The number of likely N-dealkylation sites (tertiary alicyclic amines) is 1. The van der Waals surface area contributed by atoms with Gasteiger partial charge in [0.05, 0.1) is 0 Å². The van der Waals surface area contributed by atoms with Crippen molar-refractivity contribution in [2.75, 3.05) is 39.8 Å². The minimum absolute atomic E-state index is 0.509. The number of hydrogen-bond acceptors (Lipinski definition) is 3. The molecule has 1 rings (SSSR count). The van der Waals surface area contributed by atoms with Crippen LogP contribution in [0.15, 0.2) is 0 Å². The number of hydrogen-bond donors (Lipinski definition) is 1. The third kappa shape index (κ3) is 6.68. The van der Waals surface area contributed by atoms with Crippen molar-refractivity contribution < 1.29 is 0 Å². The molecule has 3 heteroatoms. The zero-order valence-electron chi connectivity index (χ0n) is 12.0. The lowest BCUT2D eigenvalue weighted by Crippen LogP contribution is -2.40. The van der Waals surface area contributed by atoms with Gasteiger partial charge in [0.1, 0.15) is 0 Å². The fraction of sp³-hybridized carbons (Fsp3) is 1.00. The molecule has 0 radical (unpaired) electrons. The van der Waals surface area contributed by atoms with Crippen molar-refractivity contribution in [3.8, 4) is 0 Å². The molecule has 0 aliphatic carbocycles. The third-order valence-electron chi connectivity index (χ3n) is 3.48. The Hall–Kier alpha value is 0.270. The van der Waals surface area contributed by atoms with E-state index in [1.807, 2.05) is 0 Å². The van der Waals surface area contributed by atoms with Crippen LogP contribution >= 0.6 is 12.6 Å². The van der Waals surface area contributed by atoms with E-state index in [2.05, 4.69) is 50.2 Å². The van der Waals surface area contributed by atoms with Gasteiger partial charge >= 0.3 is 0 Å². The second kappa shape index (κ2) is 7.65. The third-order valence-corrected chi connectivity index (χ3v) is 3.64. The van der Waals surface area contributed by atoms with Crippen molar-refractivity contribution in [2.24, 2.45) is 11.8 Å². The summed E-state index contributed by atoms with van der Waals surface area (Å²) in [6, 6.07) is 0. The van der Waals surface area contributed by atoms with Gasteiger partial charge in [-0.25, -0.2) is 0 Å². The molecule has 0 N–H and O–H groups in total. The maximum atomic E-state index is 4.47. The van der Waals surface area contributed by atoms with Crippen LogP contribution in [-0.4, -0.2) is 54.8 Å². The standard InChI is InChI=1S/C14H30N2S/c1-12(2)9-15(4)11-14-5-7-16(8-6-14)10-13(3)17/h12-14,17H,5-11H2,1-4H3. The van der Waals surface area contributed by atoms with Crippen LogP contribution in [0.4, 0.5) is 0 Å². The summed E-state index contributed by atoms with van der Waals surface area (Å²) in [5, 5.41) is 0.509. The highest BCUT2D eigenvalue weighted by atomic mass is 32.1. The van der Waals surface area contributed by atoms with Crippen LogP contribution in [0.3, 0.4) is 0 Å². The summed E-state index contributed by atoms with van der Waals surface area (Å²) in [6.07, 6.45) is 2.73. The lowest BCUT2D eigenvalue weighted by Gasteiger charge is -2.34. The first-order valence-electron chi connectivity index (χ1n) is 7.06. The Morgan fingerprint density at radius 3 is 2.29 bits per heavy atom. The van der Waals surface area contributed by atoms with Gasteiger partial charge in [-0.1, -0.05) is 20.8 Å². The van der Waals surface area contributed by atoms with Gasteiger partial charge in [0.25, 0.3) is 0 Å². The van der Waals surface area contributed by atoms with Crippen molar-refractivity contribution in [2.45, 2.75) is 38.9 Å². The Kier molecular flexibility index (Phi) is 6.90. The smallest absolute Gasteiger partial charge is 0.0116 e. The Morgan fingerprint density at radius 1 is 1.24 bits per heavy atom. The largest absolute Gasteiger partial charge is 0.306 e. The summed E-state index contributed by atoms with van der Waals surface area (Å²) in [5.41, 5.74) is 0. The van der Waals surface area contributed by atoms with E-state index in [-0.39, 0.29) is 0 Å². The SMILES string of the molecule is CC(C)CN(C)CC1CCN(CC(C)S)CC1. The fourth-order valence-corrected chi connectivity index (χ4v) is 3.09. The van der Waals surface area contributed by atoms with E-state index < -0.39 is 0 Å². The first kappa shape index (κ1) is 15.3. The van der Waals surface area contributed by atoms with Crippen molar-refractivity contribution >= 4 is 12.6 Å². The molecule has 1 unspecified atom stereocenters. The lowest BCUT2D eigenvalue weighted by atomic mass is 9.96. The molecule has 1 atom stereocenters. The number of rotatable bonds is 6. The van der Waals surface area contributed by atoms with Gasteiger partial charge in [0.15, 0.2) is 0 Å². The number of thiol groups is 1. The van der Waals surface area contributed by atoms with Crippen LogP contribution < -0.4 is 0 Å². The van der Waals surface area contributed by atoms with Gasteiger partial charge < -0.3 is 9.80 Å². The number of piperidine rings is 1. The van der Waals surface area contributed by atoms with Crippen molar-refractivity contribution in [1.82, 2.24) is 9.80 Å². The van der Waals surface area contributed by atoms with Gasteiger partial charge in [-0.05, 0) is 44.8 Å². The quantitative estimate of drug-likeness (QED) is 0.732. The van der Waals surface area contributed by atoms with Gasteiger partial charge in [0, 0.05) is 24.9 Å². The van der Waals surface area contributed by atoms with Crippen LogP contribution in [0.5, 0.6) is 0 Å². The second-order valence-electron chi connectivity index (χ2n) is 6.21. The fourth-order valence-electron chi connectivity index (χ4n) is 2.86. The van der Waals surface area contributed by atoms with Crippen LogP contribution in [0.2, 0.25) is 0 Å². The van der Waals surface area contributed by atoms with Crippen LogP contribution in [0, 0.1) is 11.8 Å². The van der Waals surface area contributed by atoms with Gasteiger partial charge in [0.2, 0.25) is 0 Å². The van der Waals surface area contributed by atoms with Gasteiger partial charge in [-0.15, -0.1) is 0 Å². The average Bonchev–Trinajstić information content (AvgIpc) is 2.18. The second-order valence-corrected chi connectivity index (χ2v) is 7.09. The Labute approximate surface area is 113 Å². The molecule has 1 fully saturated rings. The molecule has 0 bridgehead atoms. The maximum absolute atomic E-state index is 4.47. The molecule has 0 aromatic heterocycles. The molecule has 0 amide bonds. The van der Waals surface area contributed by atoms with E-state index in [0.717, 1.165) is 18.4 Å². The molecule has 0 spiro atoms. The minimum atomic E-state index is 0.509. The van der Waals surface area contributed by atoms with E-state index >= 15 is 0 Å². The van der Waals surface area contributed by atoms with Crippen molar-refractivity contribution in [3.05, 3.63) is 0 Å². The van der Waals surface area contributed by atoms with E-state index in [0.29, 0.717) is 5.25 Å². The molecule has 0 saturated carbocycles. The number of nitrogens with zero attached hydrogens (tertiary/aromatic N) is 2. The zero-order chi connectivity index (χ0) is 12.8. The lowest BCUT2D eigenvalue weighted by molar-refractivity contribution is 0.151. The van der Waals surface area contributed by atoms with Gasteiger partial charge in [-0.2, -0.15) is 12.6 Å². The van der Waals surface area contributed by atoms with Crippen LogP contribution in [-0.2, 0) is 0 Å². The first-order chi connectivity index (χ1) is 7.97. The molecule has 0 aromatic rings. The van der Waals surface area contributed by atoms with Crippen molar-refractivity contribution in [3.63, 3.8) is 0 Å². The molecule has 102 valence electrons. The van der Waals surface area contributed by atoms with Crippen LogP contribution in [0.1, 0.15) is 33.6 Å². The molecule has 1 saturated heterocycles. The highest BCUT2D eigenvalue weighted by Gasteiger charge is 2.20.